The minimum absolute atomic E-state index is 0.235. The zero-order valence-electron chi connectivity index (χ0n) is 10.8. The number of hydrogen-bond donors (Lipinski definition) is 2. The summed E-state index contributed by atoms with van der Waals surface area (Å²) in [5.74, 6) is 0.0620. The van der Waals surface area contributed by atoms with E-state index in [9.17, 15) is 9.50 Å². The van der Waals surface area contributed by atoms with Gasteiger partial charge in [-0.3, -0.25) is 0 Å². The third kappa shape index (κ3) is 2.85. The standard InChI is InChI=1S/C15H18FNO2/c1-2-14-12(6-7-19-14)15(18)13(9-17)10-4-3-5-11(16)8-10/h3-8,13,15,18H,2,9,17H2,1H3. The molecule has 2 rings (SSSR count). The van der Waals surface area contributed by atoms with Gasteiger partial charge in [-0.2, -0.15) is 0 Å². The molecule has 0 aliphatic carbocycles. The van der Waals surface area contributed by atoms with Crippen molar-refractivity contribution in [1.29, 1.82) is 0 Å². The van der Waals surface area contributed by atoms with Crippen LogP contribution in [0, 0.1) is 5.82 Å². The molecule has 0 aliphatic rings. The number of aliphatic hydroxyl groups is 1. The average molecular weight is 263 g/mol. The second-order valence-corrected chi connectivity index (χ2v) is 4.49. The van der Waals surface area contributed by atoms with Crippen molar-refractivity contribution < 1.29 is 13.9 Å². The number of halogens is 1. The van der Waals surface area contributed by atoms with Crippen LogP contribution < -0.4 is 5.73 Å². The van der Waals surface area contributed by atoms with E-state index in [1.165, 1.54) is 12.1 Å². The number of nitrogens with two attached hydrogens (primary N) is 1. The summed E-state index contributed by atoms with van der Waals surface area (Å²) in [5, 5.41) is 10.5. The summed E-state index contributed by atoms with van der Waals surface area (Å²) in [4.78, 5) is 0. The topological polar surface area (TPSA) is 59.4 Å². The maximum atomic E-state index is 13.3. The van der Waals surface area contributed by atoms with Crippen LogP contribution in [0.1, 0.15) is 35.8 Å². The molecule has 1 heterocycles. The molecule has 0 spiro atoms. The lowest BCUT2D eigenvalue weighted by Crippen LogP contribution is -2.20. The zero-order chi connectivity index (χ0) is 13.8. The van der Waals surface area contributed by atoms with Gasteiger partial charge in [0.25, 0.3) is 0 Å². The van der Waals surface area contributed by atoms with Gasteiger partial charge in [0.1, 0.15) is 11.6 Å². The average Bonchev–Trinajstić information content (AvgIpc) is 2.87. The van der Waals surface area contributed by atoms with Gasteiger partial charge in [-0.15, -0.1) is 0 Å². The Morgan fingerprint density at radius 1 is 1.37 bits per heavy atom. The van der Waals surface area contributed by atoms with E-state index < -0.39 is 6.10 Å². The van der Waals surface area contributed by atoms with E-state index >= 15 is 0 Å². The lowest BCUT2D eigenvalue weighted by molar-refractivity contribution is 0.145. The highest BCUT2D eigenvalue weighted by molar-refractivity contribution is 5.28. The van der Waals surface area contributed by atoms with Crippen LogP contribution >= 0.6 is 0 Å². The number of hydrogen-bond acceptors (Lipinski definition) is 3. The Hall–Kier alpha value is -1.65. The van der Waals surface area contributed by atoms with Crippen molar-refractivity contribution in [3.8, 4) is 0 Å². The molecule has 0 aliphatic heterocycles. The highest BCUT2D eigenvalue weighted by Crippen LogP contribution is 2.33. The lowest BCUT2D eigenvalue weighted by Gasteiger charge is -2.22. The van der Waals surface area contributed by atoms with Crippen molar-refractivity contribution in [3.63, 3.8) is 0 Å². The summed E-state index contributed by atoms with van der Waals surface area (Å²) in [6.45, 7) is 2.19. The Labute approximate surface area is 111 Å². The van der Waals surface area contributed by atoms with Gasteiger partial charge in [0.05, 0.1) is 12.4 Å². The molecule has 2 aromatic rings. The van der Waals surface area contributed by atoms with Crippen LogP contribution in [0.3, 0.4) is 0 Å². The fourth-order valence-electron chi connectivity index (χ4n) is 2.30. The molecule has 0 saturated carbocycles. The maximum absolute atomic E-state index is 13.3. The third-order valence-corrected chi connectivity index (χ3v) is 3.33. The minimum Gasteiger partial charge on any atom is -0.469 e. The van der Waals surface area contributed by atoms with Crippen molar-refractivity contribution >= 4 is 0 Å². The second-order valence-electron chi connectivity index (χ2n) is 4.49. The van der Waals surface area contributed by atoms with Crippen LogP contribution in [0.25, 0.3) is 0 Å². The first kappa shape index (κ1) is 13.8. The Kier molecular flexibility index (Phi) is 4.35. The number of aryl methyl sites for hydroxylation is 1. The van der Waals surface area contributed by atoms with Gasteiger partial charge in [-0.25, -0.2) is 4.39 Å². The molecule has 102 valence electrons. The fourth-order valence-corrected chi connectivity index (χ4v) is 2.30. The first-order chi connectivity index (χ1) is 9.17. The molecule has 3 N–H and O–H groups in total. The van der Waals surface area contributed by atoms with E-state index in [1.54, 1.807) is 24.5 Å². The number of furan rings is 1. The highest BCUT2D eigenvalue weighted by atomic mass is 19.1. The van der Waals surface area contributed by atoms with E-state index in [0.717, 1.165) is 11.3 Å². The molecule has 1 aromatic carbocycles. The Morgan fingerprint density at radius 2 is 2.16 bits per heavy atom. The zero-order valence-corrected chi connectivity index (χ0v) is 10.8. The smallest absolute Gasteiger partial charge is 0.123 e. The molecule has 2 atom stereocenters. The van der Waals surface area contributed by atoms with Gasteiger partial charge in [0.15, 0.2) is 0 Å². The summed E-state index contributed by atoms with van der Waals surface area (Å²) in [6, 6.07) is 7.92. The Balaban J connectivity index is 2.32. The molecule has 2 unspecified atom stereocenters. The lowest BCUT2D eigenvalue weighted by atomic mass is 9.89. The van der Waals surface area contributed by atoms with Crippen LogP contribution in [0.5, 0.6) is 0 Å². The van der Waals surface area contributed by atoms with Crippen LogP contribution in [0.15, 0.2) is 41.0 Å². The number of benzene rings is 1. The summed E-state index contributed by atoms with van der Waals surface area (Å²) in [5.41, 5.74) is 7.16. The normalized spacial score (nSPS) is 14.3. The largest absolute Gasteiger partial charge is 0.469 e. The summed E-state index contributed by atoms with van der Waals surface area (Å²) < 4.78 is 18.6. The van der Waals surface area contributed by atoms with Gasteiger partial charge < -0.3 is 15.3 Å². The number of rotatable bonds is 5. The second kappa shape index (κ2) is 5.99. The van der Waals surface area contributed by atoms with Crippen LogP contribution in [0.4, 0.5) is 4.39 Å². The summed E-state index contributed by atoms with van der Waals surface area (Å²) in [6.07, 6.45) is 1.46. The Bertz CT molecular complexity index is 538. The molecule has 0 bridgehead atoms. The molecular weight excluding hydrogens is 245 g/mol. The van der Waals surface area contributed by atoms with Gasteiger partial charge >= 0.3 is 0 Å². The van der Waals surface area contributed by atoms with Gasteiger partial charge in [-0.1, -0.05) is 19.1 Å². The van der Waals surface area contributed by atoms with E-state index in [0.29, 0.717) is 12.0 Å². The van der Waals surface area contributed by atoms with Crippen LogP contribution in [-0.2, 0) is 6.42 Å². The van der Waals surface area contributed by atoms with Crippen molar-refractivity contribution in [3.05, 3.63) is 59.3 Å². The molecule has 3 nitrogen and oxygen atoms in total. The molecular formula is C15H18FNO2. The van der Waals surface area contributed by atoms with Crippen LogP contribution in [0.2, 0.25) is 0 Å². The Morgan fingerprint density at radius 3 is 2.79 bits per heavy atom. The van der Waals surface area contributed by atoms with E-state index in [4.69, 9.17) is 10.2 Å². The van der Waals surface area contributed by atoms with E-state index in [-0.39, 0.29) is 18.3 Å². The molecule has 0 fully saturated rings. The molecule has 1 aromatic heterocycles. The van der Waals surface area contributed by atoms with Gasteiger partial charge in [0.2, 0.25) is 0 Å². The first-order valence-electron chi connectivity index (χ1n) is 6.37. The van der Waals surface area contributed by atoms with Crippen molar-refractivity contribution in [2.24, 2.45) is 5.73 Å². The molecule has 0 radical (unpaired) electrons. The van der Waals surface area contributed by atoms with E-state index in [2.05, 4.69) is 0 Å². The number of aliphatic hydroxyl groups excluding tert-OH is 1. The van der Waals surface area contributed by atoms with Crippen molar-refractivity contribution in [1.82, 2.24) is 0 Å². The summed E-state index contributed by atoms with van der Waals surface area (Å²) >= 11 is 0. The minimum atomic E-state index is -0.791. The maximum Gasteiger partial charge on any atom is 0.123 e. The molecule has 4 heteroatoms. The van der Waals surface area contributed by atoms with Crippen LogP contribution in [-0.4, -0.2) is 11.7 Å². The van der Waals surface area contributed by atoms with E-state index in [1.807, 2.05) is 6.92 Å². The molecule has 0 saturated heterocycles. The molecule has 0 amide bonds. The fraction of sp³-hybridized carbons (Fsp3) is 0.333. The predicted molar refractivity (Wildman–Crippen MR) is 71.2 cm³/mol. The predicted octanol–water partition coefficient (Wildman–Crippen LogP) is 2.76. The van der Waals surface area contributed by atoms with Crippen molar-refractivity contribution in [2.45, 2.75) is 25.4 Å². The highest BCUT2D eigenvalue weighted by Gasteiger charge is 2.25. The van der Waals surface area contributed by atoms with Crippen molar-refractivity contribution in [2.75, 3.05) is 6.54 Å². The third-order valence-electron chi connectivity index (χ3n) is 3.33. The first-order valence-corrected chi connectivity index (χ1v) is 6.37. The molecule has 19 heavy (non-hydrogen) atoms. The SMILES string of the molecule is CCc1occc1C(O)C(CN)c1cccc(F)c1. The monoisotopic (exact) mass is 263 g/mol. The van der Waals surface area contributed by atoms with Gasteiger partial charge in [-0.05, 0) is 23.8 Å². The quantitative estimate of drug-likeness (QED) is 0.872. The summed E-state index contributed by atoms with van der Waals surface area (Å²) in [7, 11) is 0. The van der Waals surface area contributed by atoms with Gasteiger partial charge in [0, 0.05) is 24.4 Å².